The van der Waals surface area contributed by atoms with Crippen molar-refractivity contribution in [1.82, 2.24) is 0 Å². The second-order valence-electron chi connectivity index (χ2n) is 13.9. The molecule has 0 saturated heterocycles. The number of hydrogen-bond acceptors (Lipinski definition) is 6. The number of carbonyl (C=O) groups excluding carboxylic acids is 4. The summed E-state index contributed by atoms with van der Waals surface area (Å²) >= 11 is 34.0. The molecule has 0 aromatic heterocycles. The van der Waals surface area contributed by atoms with Gasteiger partial charge in [-0.15, -0.1) is 0 Å². The van der Waals surface area contributed by atoms with Gasteiger partial charge in [-0.1, -0.05) is 107 Å². The number of rotatable bonds is 6. The maximum atomic E-state index is 13.7. The Morgan fingerprint density at radius 1 is 0.305 bits per heavy atom. The number of nitrogens with two attached hydrogens (primary N) is 2. The van der Waals surface area contributed by atoms with Gasteiger partial charge in [-0.2, -0.15) is 0 Å². The fraction of sp³-hybridized carbons (Fsp3) is 0. The van der Waals surface area contributed by atoms with E-state index in [1.54, 1.807) is 91.0 Å². The minimum Gasteiger partial charge on any atom is -0.399 e. The second kappa shape index (κ2) is 14.6. The van der Waals surface area contributed by atoms with E-state index < -0.39 is 23.6 Å². The lowest BCUT2D eigenvalue weighted by Crippen LogP contribution is -2.29. The Kier molecular flexibility index (Phi) is 9.50. The molecule has 0 spiro atoms. The average Bonchev–Trinajstić information content (AvgIpc) is 3.62. The summed E-state index contributed by atoms with van der Waals surface area (Å²) in [5.74, 6) is -2.13. The van der Waals surface area contributed by atoms with E-state index >= 15 is 0 Å². The van der Waals surface area contributed by atoms with Crippen molar-refractivity contribution in [2.24, 2.45) is 0 Å². The Hall–Kier alpha value is -6.13. The summed E-state index contributed by atoms with van der Waals surface area (Å²) < 4.78 is 0. The van der Waals surface area contributed by atoms with Crippen molar-refractivity contribution in [3.8, 4) is 44.5 Å². The van der Waals surface area contributed by atoms with E-state index in [0.29, 0.717) is 33.6 Å². The molecule has 7 aromatic rings. The zero-order chi connectivity index (χ0) is 41.4. The number of halogens is 5. The fourth-order valence-electron chi connectivity index (χ4n) is 7.37. The van der Waals surface area contributed by atoms with Crippen molar-refractivity contribution < 1.29 is 19.2 Å². The predicted molar refractivity (Wildman–Crippen MR) is 237 cm³/mol. The highest BCUT2D eigenvalue weighted by Gasteiger charge is 2.40. The van der Waals surface area contributed by atoms with Crippen LogP contribution in [0.5, 0.6) is 0 Å². The van der Waals surface area contributed by atoms with Crippen LogP contribution in [0.15, 0.2) is 127 Å². The Bertz CT molecular complexity index is 3010. The maximum absolute atomic E-state index is 13.7. The number of nitrogen functional groups attached to an aromatic ring is 2. The molecule has 0 saturated carbocycles. The second-order valence-corrected chi connectivity index (χ2v) is 16.0. The summed E-state index contributed by atoms with van der Waals surface area (Å²) in [6, 6.07) is 35.7. The van der Waals surface area contributed by atoms with Gasteiger partial charge in [0.25, 0.3) is 23.6 Å². The minimum atomic E-state index is -0.538. The van der Waals surface area contributed by atoms with Crippen LogP contribution in [0.1, 0.15) is 41.4 Å². The number of anilines is 4. The molecule has 2 aliphatic heterocycles. The van der Waals surface area contributed by atoms with Gasteiger partial charge < -0.3 is 11.5 Å². The highest BCUT2D eigenvalue weighted by Crippen LogP contribution is 2.45. The monoisotopic (exact) mass is 872 g/mol. The van der Waals surface area contributed by atoms with Crippen LogP contribution in [0, 0.1) is 0 Å². The molecule has 4 amide bonds. The van der Waals surface area contributed by atoms with Gasteiger partial charge in [-0.25, -0.2) is 9.80 Å². The van der Waals surface area contributed by atoms with Crippen molar-refractivity contribution in [2.75, 3.05) is 21.3 Å². The van der Waals surface area contributed by atoms with Gasteiger partial charge in [-0.3, -0.25) is 19.2 Å². The van der Waals surface area contributed by atoms with Crippen LogP contribution in [0.2, 0.25) is 25.1 Å². The van der Waals surface area contributed by atoms with Crippen LogP contribution in [0.25, 0.3) is 44.5 Å². The number of hydrogen-bond donors (Lipinski definition) is 2. The first-order valence-electron chi connectivity index (χ1n) is 17.8. The number of imide groups is 2. The van der Waals surface area contributed by atoms with Gasteiger partial charge in [0.2, 0.25) is 0 Å². The van der Waals surface area contributed by atoms with Crippen LogP contribution in [-0.4, -0.2) is 23.6 Å². The van der Waals surface area contributed by atoms with Crippen molar-refractivity contribution in [3.63, 3.8) is 0 Å². The molecule has 4 N–H and O–H groups in total. The smallest absolute Gasteiger partial charge is 0.266 e. The summed E-state index contributed by atoms with van der Waals surface area (Å²) in [6.07, 6.45) is 0. The van der Waals surface area contributed by atoms with Gasteiger partial charge in [0, 0.05) is 33.1 Å². The van der Waals surface area contributed by atoms with Gasteiger partial charge in [-0.05, 0) is 107 Å². The summed E-state index contributed by atoms with van der Waals surface area (Å²) in [5.41, 5.74) is 19.3. The van der Waals surface area contributed by atoms with Crippen LogP contribution >= 0.6 is 58.0 Å². The van der Waals surface area contributed by atoms with E-state index in [0.717, 1.165) is 32.1 Å². The van der Waals surface area contributed by atoms with E-state index in [1.165, 1.54) is 12.1 Å². The number of nitrogens with zero attached hydrogens (tertiary/aromatic N) is 2. The third-order valence-electron chi connectivity index (χ3n) is 10.4. The largest absolute Gasteiger partial charge is 0.399 e. The van der Waals surface area contributed by atoms with E-state index in [4.69, 9.17) is 69.5 Å². The van der Waals surface area contributed by atoms with E-state index in [-0.39, 0.29) is 58.7 Å². The van der Waals surface area contributed by atoms with Crippen molar-refractivity contribution >= 4 is 104 Å². The number of carbonyl (C=O) groups is 4. The molecule has 2 aliphatic rings. The quantitative estimate of drug-likeness (QED) is 0.127. The van der Waals surface area contributed by atoms with Crippen LogP contribution in [-0.2, 0) is 0 Å². The van der Waals surface area contributed by atoms with Gasteiger partial charge in [0.1, 0.15) is 0 Å². The molecule has 7 aromatic carbocycles. The lowest BCUT2D eigenvalue weighted by atomic mass is 9.99. The summed E-state index contributed by atoms with van der Waals surface area (Å²) in [5, 5.41) is 0.873. The number of fused-ring (bicyclic) bond motifs is 2. The lowest BCUT2D eigenvalue weighted by Gasteiger charge is -2.19. The first-order valence-corrected chi connectivity index (χ1v) is 19.7. The molecular formula is C46H25Cl5N4O4. The molecule has 0 unspecified atom stereocenters. The highest BCUT2D eigenvalue weighted by atomic mass is 35.5. The Labute approximate surface area is 362 Å². The third kappa shape index (κ3) is 6.50. The van der Waals surface area contributed by atoms with Gasteiger partial charge in [0.15, 0.2) is 0 Å². The van der Waals surface area contributed by atoms with Crippen LogP contribution in [0.3, 0.4) is 0 Å². The molecule has 288 valence electrons. The fourth-order valence-corrected chi connectivity index (χ4v) is 8.68. The molecule has 13 heteroatoms. The molecule has 8 nitrogen and oxygen atoms in total. The predicted octanol–water partition coefficient (Wildman–Crippen LogP) is 12.4. The zero-order valence-electron chi connectivity index (χ0n) is 30.2. The van der Waals surface area contributed by atoms with Crippen LogP contribution in [0.4, 0.5) is 22.7 Å². The molecule has 0 atom stereocenters. The molecule has 0 aliphatic carbocycles. The average molecular weight is 875 g/mol. The zero-order valence-corrected chi connectivity index (χ0v) is 34.0. The summed E-state index contributed by atoms with van der Waals surface area (Å²) in [6.45, 7) is 0. The van der Waals surface area contributed by atoms with Gasteiger partial charge >= 0.3 is 0 Å². The van der Waals surface area contributed by atoms with E-state index in [2.05, 4.69) is 0 Å². The maximum Gasteiger partial charge on any atom is 0.266 e. The number of benzene rings is 7. The third-order valence-corrected chi connectivity index (χ3v) is 11.9. The number of amides is 4. The molecule has 0 bridgehead atoms. The van der Waals surface area contributed by atoms with E-state index in [9.17, 15) is 19.2 Å². The molecule has 59 heavy (non-hydrogen) atoms. The molecule has 0 fully saturated rings. The van der Waals surface area contributed by atoms with Crippen molar-refractivity contribution in [3.05, 3.63) is 175 Å². The van der Waals surface area contributed by atoms with Crippen molar-refractivity contribution in [1.29, 1.82) is 0 Å². The topological polar surface area (TPSA) is 127 Å². The highest BCUT2D eigenvalue weighted by molar-refractivity contribution is 6.44. The Morgan fingerprint density at radius 3 is 1.12 bits per heavy atom. The van der Waals surface area contributed by atoms with Crippen molar-refractivity contribution in [2.45, 2.75) is 0 Å². The van der Waals surface area contributed by atoms with Crippen LogP contribution < -0.4 is 21.3 Å². The van der Waals surface area contributed by atoms with Gasteiger partial charge in [0.05, 0.1) is 53.7 Å². The molecular weight excluding hydrogens is 850 g/mol. The summed E-state index contributed by atoms with van der Waals surface area (Å²) in [7, 11) is 0. The van der Waals surface area contributed by atoms with E-state index in [1.807, 2.05) is 24.3 Å². The Balaban J connectivity index is 0.978. The normalized spacial score (nSPS) is 13.4. The SMILES string of the molecule is Nc1ccc(-c2ccc3c(c2)C(=O)N(c2cc(Cl)c(-c4ccc(-c5cc(Cl)c(N6C(=O)c7ccc(-c8ccc(N)cc8)cc7C6=O)cc5Cl)c(Cl)c4)cc2Cl)C3=O)cc1. The molecule has 0 radical (unpaired) electrons. The first-order chi connectivity index (χ1) is 28.3. The Morgan fingerprint density at radius 2 is 0.661 bits per heavy atom. The first kappa shape index (κ1) is 38.4. The molecule has 9 rings (SSSR count). The molecule has 2 heterocycles. The summed E-state index contributed by atoms with van der Waals surface area (Å²) in [4.78, 5) is 56.5. The lowest BCUT2D eigenvalue weighted by molar-refractivity contribution is 0.0910. The standard InChI is InChI=1S/C46H25Cl5N4O4/c47-36-17-26(32-18-39(50)41(20-37(32)48)54-43(56)30-13-5-24(15-34(30)45(54)58)22-1-8-27(52)9-2-22)7-12-29(36)33-19-40(51)42(21-38(33)49)55-44(57)31-14-6-25(16-35(31)46(55)59)23-3-10-28(53)11-4-23/h1-21H,52-53H2. The minimum absolute atomic E-state index is 0.0952.